The van der Waals surface area contributed by atoms with Gasteiger partial charge in [-0.1, -0.05) is 24.3 Å². The fourth-order valence-electron chi connectivity index (χ4n) is 1.21. The van der Waals surface area contributed by atoms with Gasteiger partial charge in [-0.2, -0.15) is 0 Å². The zero-order chi connectivity index (χ0) is 9.97. The molecule has 0 bridgehead atoms. The molecule has 3 heteroatoms. The zero-order valence-electron chi connectivity index (χ0n) is 7.73. The Bertz CT molecular complexity index is 431. The van der Waals surface area contributed by atoms with Gasteiger partial charge in [-0.3, -0.25) is 4.79 Å². The quantitative estimate of drug-likeness (QED) is 0.702. The second-order valence-electron chi connectivity index (χ2n) is 2.97. The number of hydrogen-bond donors (Lipinski definition) is 0. The van der Waals surface area contributed by atoms with Crippen molar-refractivity contribution >= 4 is 17.1 Å². The Morgan fingerprint density at radius 3 is 2.50 bits per heavy atom. The molecule has 0 saturated heterocycles. The fraction of sp³-hybridized carbons (Fsp3) is 0.0909. The van der Waals surface area contributed by atoms with Gasteiger partial charge < -0.3 is 0 Å². The van der Waals surface area contributed by atoms with Gasteiger partial charge in [-0.25, -0.2) is 4.98 Å². The molecule has 1 aromatic carbocycles. The number of carbonyl (C=O) groups is 1. The van der Waals surface area contributed by atoms with Crippen LogP contribution < -0.4 is 0 Å². The van der Waals surface area contributed by atoms with Crippen LogP contribution in [0.3, 0.4) is 0 Å². The highest BCUT2D eigenvalue weighted by Crippen LogP contribution is 2.21. The lowest BCUT2D eigenvalue weighted by molar-refractivity contribution is 0.101. The van der Waals surface area contributed by atoms with E-state index in [0.29, 0.717) is 0 Å². The number of benzene rings is 1. The van der Waals surface area contributed by atoms with Gasteiger partial charge in [0.15, 0.2) is 5.78 Å². The van der Waals surface area contributed by atoms with Gasteiger partial charge in [-0.15, -0.1) is 11.3 Å². The third-order valence-electron chi connectivity index (χ3n) is 1.97. The standard InChI is InChI=1S/C11H9NOS/c1-8(13)9-2-4-10(5-3-9)11-12-6-7-14-11/h2-7H,1H3. The van der Waals surface area contributed by atoms with Crippen LogP contribution in [0.1, 0.15) is 17.3 Å². The van der Waals surface area contributed by atoms with E-state index in [2.05, 4.69) is 4.98 Å². The lowest BCUT2D eigenvalue weighted by atomic mass is 10.1. The summed E-state index contributed by atoms with van der Waals surface area (Å²) >= 11 is 1.59. The third kappa shape index (κ3) is 1.72. The third-order valence-corrected chi connectivity index (χ3v) is 2.79. The molecular formula is C11H9NOS. The summed E-state index contributed by atoms with van der Waals surface area (Å²) in [5.74, 6) is 0.0932. The summed E-state index contributed by atoms with van der Waals surface area (Å²) in [4.78, 5) is 15.2. The minimum absolute atomic E-state index is 0.0932. The first-order valence-corrected chi connectivity index (χ1v) is 5.16. The molecule has 0 fully saturated rings. The van der Waals surface area contributed by atoms with Crippen LogP contribution in [0.4, 0.5) is 0 Å². The van der Waals surface area contributed by atoms with Crippen LogP contribution >= 0.6 is 11.3 Å². The molecule has 1 aromatic heterocycles. The van der Waals surface area contributed by atoms with Crippen molar-refractivity contribution in [3.8, 4) is 10.6 Å². The van der Waals surface area contributed by atoms with E-state index in [1.807, 2.05) is 29.6 Å². The molecule has 1 heterocycles. The molecule has 0 radical (unpaired) electrons. The lowest BCUT2D eigenvalue weighted by Gasteiger charge is -1.97. The molecule has 0 N–H and O–H groups in total. The topological polar surface area (TPSA) is 30.0 Å². The molecule has 14 heavy (non-hydrogen) atoms. The normalized spacial score (nSPS) is 10.1. The Morgan fingerprint density at radius 1 is 1.29 bits per heavy atom. The second kappa shape index (κ2) is 3.72. The number of thiazole rings is 1. The summed E-state index contributed by atoms with van der Waals surface area (Å²) in [5.41, 5.74) is 1.80. The lowest BCUT2D eigenvalue weighted by Crippen LogP contribution is -1.90. The van der Waals surface area contributed by atoms with Gasteiger partial charge in [0, 0.05) is 22.7 Å². The van der Waals surface area contributed by atoms with E-state index in [4.69, 9.17) is 0 Å². The average molecular weight is 203 g/mol. The maximum atomic E-state index is 11.0. The monoisotopic (exact) mass is 203 g/mol. The summed E-state index contributed by atoms with van der Waals surface area (Å²) in [6.45, 7) is 1.57. The summed E-state index contributed by atoms with van der Waals surface area (Å²) in [5, 5.41) is 2.92. The molecule has 0 aliphatic heterocycles. The van der Waals surface area contributed by atoms with Gasteiger partial charge in [0.1, 0.15) is 5.01 Å². The van der Waals surface area contributed by atoms with Crippen LogP contribution in [0.25, 0.3) is 10.6 Å². The highest BCUT2D eigenvalue weighted by molar-refractivity contribution is 7.13. The maximum Gasteiger partial charge on any atom is 0.159 e. The van der Waals surface area contributed by atoms with E-state index in [-0.39, 0.29) is 5.78 Å². The maximum absolute atomic E-state index is 11.0. The average Bonchev–Trinajstić information content (AvgIpc) is 2.71. The van der Waals surface area contributed by atoms with Gasteiger partial charge in [-0.05, 0) is 6.92 Å². The number of hydrogen-bond acceptors (Lipinski definition) is 3. The van der Waals surface area contributed by atoms with Crippen molar-refractivity contribution in [1.82, 2.24) is 4.98 Å². The zero-order valence-corrected chi connectivity index (χ0v) is 8.54. The van der Waals surface area contributed by atoms with E-state index >= 15 is 0 Å². The molecule has 70 valence electrons. The van der Waals surface area contributed by atoms with Crippen LogP contribution in [0.2, 0.25) is 0 Å². The smallest absolute Gasteiger partial charge is 0.159 e. The highest BCUT2D eigenvalue weighted by atomic mass is 32.1. The van der Waals surface area contributed by atoms with E-state index in [1.165, 1.54) is 0 Å². The molecule has 0 aliphatic rings. The molecule has 0 saturated carbocycles. The van der Waals surface area contributed by atoms with E-state index in [1.54, 1.807) is 24.5 Å². The van der Waals surface area contributed by atoms with Crippen molar-refractivity contribution < 1.29 is 4.79 Å². The Morgan fingerprint density at radius 2 is 2.00 bits per heavy atom. The summed E-state index contributed by atoms with van der Waals surface area (Å²) in [6.07, 6.45) is 1.78. The first kappa shape index (κ1) is 9.09. The van der Waals surface area contributed by atoms with Crippen molar-refractivity contribution in [2.45, 2.75) is 6.92 Å². The summed E-state index contributed by atoms with van der Waals surface area (Å²) in [7, 11) is 0. The fourth-order valence-corrected chi connectivity index (χ4v) is 1.86. The first-order chi connectivity index (χ1) is 6.77. The molecule has 0 amide bonds. The largest absolute Gasteiger partial charge is 0.295 e. The molecule has 0 aliphatic carbocycles. The van der Waals surface area contributed by atoms with Crippen molar-refractivity contribution in [3.63, 3.8) is 0 Å². The predicted molar refractivity (Wildman–Crippen MR) is 57.6 cm³/mol. The molecule has 2 nitrogen and oxygen atoms in total. The Labute approximate surface area is 86.2 Å². The number of Topliss-reactive ketones (excluding diaryl/α,β-unsaturated/α-hetero) is 1. The first-order valence-electron chi connectivity index (χ1n) is 4.28. The minimum Gasteiger partial charge on any atom is -0.295 e. The number of nitrogens with zero attached hydrogens (tertiary/aromatic N) is 1. The number of rotatable bonds is 2. The molecular weight excluding hydrogens is 194 g/mol. The van der Waals surface area contributed by atoms with Gasteiger partial charge in [0.05, 0.1) is 0 Å². The van der Waals surface area contributed by atoms with E-state index in [0.717, 1.165) is 16.1 Å². The molecule has 0 unspecified atom stereocenters. The predicted octanol–water partition coefficient (Wildman–Crippen LogP) is 3.01. The Kier molecular flexibility index (Phi) is 2.41. The van der Waals surface area contributed by atoms with Crippen molar-refractivity contribution in [1.29, 1.82) is 0 Å². The van der Waals surface area contributed by atoms with Crippen LogP contribution in [-0.4, -0.2) is 10.8 Å². The summed E-state index contributed by atoms with van der Waals surface area (Å²) < 4.78 is 0. The van der Waals surface area contributed by atoms with Crippen molar-refractivity contribution in [3.05, 3.63) is 41.4 Å². The molecule has 0 atom stereocenters. The Hall–Kier alpha value is -1.48. The van der Waals surface area contributed by atoms with E-state index in [9.17, 15) is 4.79 Å². The SMILES string of the molecule is CC(=O)c1ccc(-c2nccs2)cc1. The van der Waals surface area contributed by atoms with Crippen LogP contribution in [0.15, 0.2) is 35.8 Å². The van der Waals surface area contributed by atoms with Crippen LogP contribution in [-0.2, 0) is 0 Å². The van der Waals surface area contributed by atoms with Crippen molar-refractivity contribution in [2.75, 3.05) is 0 Å². The summed E-state index contributed by atoms with van der Waals surface area (Å²) in [6, 6.07) is 7.52. The van der Waals surface area contributed by atoms with Crippen LogP contribution in [0, 0.1) is 0 Å². The van der Waals surface area contributed by atoms with Gasteiger partial charge >= 0.3 is 0 Å². The van der Waals surface area contributed by atoms with Gasteiger partial charge in [0.25, 0.3) is 0 Å². The van der Waals surface area contributed by atoms with Crippen LogP contribution in [0.5, 0.6) is 0 Å². The number of ketones is 1. The number of carbonyl (C=O) groups excluding carboxylic acids is 1. The molecule has 2 aromatic rings. The molecule has 0 spiro atoms. The van der Waals surface area contributed by atoms with Crippen molar-refractivity contribution in [2.24, 2.45) is 0 Å². The van der Waals surface area contributed by atoms with Gasteiger partial charge in [0.2, 0.25) is 0 Å². The molecule has 2 rings (SSSR count). The Balaban J connectivity index is 2.36. The van der Waals surface area contributed by atoms with E-state index < -0.39 is 0 Å². The second-order valence-corrected chi connectivity index (χ2v) is 3.87. The minimum atomic E-state index is 0.0932. The number of aromatic nitrogens is 1. The highest BCUT2D eigenvalue weighted by Gasteiger charge is 2.01.